The highest BCUT2D eigenvalue weighted by molar-refractivity contribution is 5.94. The predicted molar refractivity (Wildman–Crippen MR) is 105 cm³/mol. The predicted octanol–water partition coefficient (Wildman–Crippen LogP) is 3.37. The van der Waals surface area contributed by atoms with Crippen LogP contribution < -0.4 is 15.0 Å². The number of anilines is 1. The maximum Gasteiger partial charge on any atom is 0.254 e. The van der Waals surface area contributed by atoms with Crippen LogP contribution in [0.3, 0.4) is 0 Å². The molecule has 0 unspecified atom stereocenters. The number of carbonyl (C=O) groups excluding carboxylic acids is 1. The number of methoxy groups -OCH3 is 1. The summed E-state index contributed by atoms with van der Waals surface area (Å²) in [7, 11) is 1.62. The van der Waals surface area contributed by atoms with E-state index >= 15 is 0 Å². The van der Waals surface area contributed by atoms with Crippen molar-refractivity contribution in [1.82, 2.24) is 15.5 Å². The summed E-state index contributed by atoms with van der Waals surface area (Å²) in [6, 6.07) is 12.4. The molecule has 6 nitrogen and oxygen atoms in total. The number of hydrogen-bond acceptors (Lipinski definition) is 4. The lowest BCUT2D eigenvalue weighted by Gasteiger charge is -2.16. The Bertz CT molecular complexity index is 1020. The molecule has 0 radical (unpaired) electrons. The zero-order valence-electron chi connectivity index (χ0n) is 15.8. The van der Waals surface area contributed by atoms with Gasteiger partial charge in [-0.2, -0.15) is 5.10 Å². The van der Waals surface area contributed by atoms with Crippen molar-refractivity contribution in [2.75, 3.05) is 25.1 Å². The van der Waals surface area contributed by atoms with E-state index < -0.39 is 17.5 Å². The minimum absolute atomic E-state index is 0.145. The number of hydrogen-bond donors (Lipinski definition) is 2. The van der Waals surface area contributed by atoms with Crippen molar-refractivity contribution in [3.8, 4) is 17.0 Å². The smallest absolute Gasteiger partial charge is 0.254 e. The van der Waals surface area contributed by atoms with Gasteiger partial charge in [0.2, 0.25) is 0 Å². The molecular formula is C21H20F2N4O2. The largest absolute Gasteiger partial charge is 0.497 e. The normalized spacial score (nSPS) is 16.1. The summed E-state index contributed by atoms with van der Waals surface area (Å²) in [4.78, 5) is 14.3. The molecule has 4 rings (SSSR count). The van der Waals surface area contributed by atoms with Crippen molar-refractivity contribution in [3.63, 3.8) is 0 Å². The highest BCUT2D eigenvalue weighted by atomic mass is 19.1. The number of rotatable bonds is 5. The molecule has 0 saturated carbocycles. The lowest BCUT2D eigenvalue weighted by Crippen LogP contribution is -2.37. The first-order valence-corrected chi connectivity index (χ1v) is 9.24. The van der Waals surface area contributed by atoms with Crippen LogP contribution in [-0.2, 0) is 0 Å². The van der Waals surface area contributed by atoms with Crippen molar-refractivity contribution in [3.05, 3.63) is 65.7 Å². The number of aromatic nitrogens is 2. The molecule has 1 fully saturated rings. The monoisotopic (exact) mass is 398 g/mol. The summed E-state index contributed by atoms with van der Waals surface area (Å²) in [5.74, 6) is -0.564. The van der Waals surface area contributed by atoms with Crippen molar-refractivity contribution < 1.29 is 18.3 Å². The van der Waals surface area contributed by atoms with E-state index in [4.69, 9.17) is 4.74 Å². The first-order chi connectivity index (χ1) is 14.0. The van der Waals surface area contributed by atoms with Crippen molar-refractivity contribution in [2.24, 2.45) is 0 Å². The molecule has 1 amide bonds. The molecule has 1 atom stereocenters. The summed E-state index contributed by atoms with van der Waals surface area (Å²) in [6.07, 6.45) is 0.708. The Hall–Kier alpha value is -3.42. The fraction of sp³-hybridized carbons (Fsp3) is 0.238. The van der Waals surface area contributed by atoms with Crippen LogP contribution in [0.15, 0.2) is 48.5 Å². The molecule has 2 aromatic carbocycles. The van der Waals surface area contributed by atoms with E-state index in [1.165, 1.54) is 0 Å². The molecule has 150 valence electrons. The van der Waals surface area contributed by atoms with Crippen molar-refractivity contribution in [1.29, 1.82) is 0 Å². The molecule has 2 N–H and O–H groups in total. The molecule has 1 aliphatic rings. The number of amides is 1. The second kappa shape index (κ2) is 7.90. The van der Waals surface area contributed by atoms with Gasteiger partial charge in [0.25, 0.3) is 5.91 Å². The molecule has 1 aromatic heterocycles. The number of nitrogens with zero attached hydrogens (tertiary/aromatic N) is 2. The van der Waals surface area contributed by atoms with Gasteiger partial charge in [0, 0.05) is 31.3 Å². The Morgan fingerprint density at radius 2 is 2.00 bits per heavy atom. The van der Waals surface area contributed by atoms with E-state index in [0.29, 0.717) is 25.6 Å². The van der Waals surface area contributed by atoms with E-state index in [2.05, 4.69) is 20.4 Å². The lowest BCUT2D eigenvalue weighted by molar-refractivity contribution is 0.0936. The van der Waals surface area contributed by atoms with Crippen LogP contribution in [0.4, 0.5) is 14.6 Å². The molecule has 3 aromatic rings. The number of aromatic amines is 1. The maximum absolute atomic E-state index is 13.8. The standard InChI is InChI=1S/C21H20F2N4O2/c1-29-16-5-2-13(3-6-16)19-11-20(26-25-19)27-9-8-15(12-27)24-21(28)17-7-4-14(22)10-18(17)23/h2-7,10-11,15H,8-9,12H2,1H3,(H,24,28)(H,25,26)/t15-/m0/s1. The average Bonchev–Trinajstić information content (AvgIpc) is 3.37. The van der Waals surface area contributed by atoms with Gasteiger partial charge in [0.1, 0.15) is 17.4 Å². The van der Waals surface area contributed by atoms with Gasteiger partial charge in [-0.3, -0.25) is 9.89 Å². The van der Waals surface area contributed by atoms with Gasteiger partial charge in [0.05, 0.1) is 18.4 Å². The highest BCUT2D eigenvalue weighted by Gasteiger charge is 2.26. The van der Waals surface area contributed by atoms with E-state index in [1.807, 2.05) is 30.3 Å². The number of nitrogens with one attached hydrogen (secondary N) is 2. The maximum atomic E-state index is 13.8. The molecule has 1 aliphatic heterocycles. The second-order valence-corrected chi connectivity index (χ2v) is 6.90. The summed E-state index contributed by atoms with van der Waals surface area (Å²) < 4.78 is 32.0. The average molecular weight is 398 g/mol. The fourth-order valence-corrected chi connectivity index (χ4v) is 3.41. The van der Waals surface area contributed by atoms with Crippen LogP contribution in [0.25, 0.3) is 11.3 Å². The summed E-state index contributed by atoms with van der Waals surface area (Å²) in [5, 5.41) is 10.2. The zero-order chi connectivity index (χ0) is 20.4. The fourth-order valence-electron chi connectivity index (χ4n) is 3.41. The first kappa shape index (κ1) is 18.9. The number of benzene rings is 2. The van der Waals surface area contributed by atoms with Gasteiger partial charge in [-0.1, -0.05) is 0 Å². The van der Waals surface area contributed by atoms with E-state index in [1.54, 1.807) is 7.11 Å². The summed E-state index contributed by atoms with van der Waals surface area (Å²) in [6.45, 7) is 1.27. The van der Waals surface area contributed by atoms with Crippen LogP contribution in [-0.4, -0.2) is 42.3 Å². The Balaban J connectivity index is 1.39. The summed E-state index contributed by atoms with van der Waals surface area (Å²) >= 11 is 0. The Morgan fingerprint density at radius 3 is 2.72 bits per heavy atom. The number of H-pyrrole nitrogens is 1. The molecule has 2 heterocycles. The topological polar surface area (TPSA) is 70.2 Å². The van der Waals surface area contributed by atoms with Gasteiger partial charge < -0.3 is 15.0 Å². The van der Waals surface area contributed by atoms with E-state index in [0.717, 1.165) is 35.0 Å². The minimum Gasteiger partial charge on any atom is -0.497 e. The van der Waals surface area contributed by atoms with Crippen LogP contribution in [0.2, 0.25) is 0 Å². The Morgan fingerprint density at radius 1 is 1.21 bits per heavy atom. The molecule has 0 bridgehead atoms. The molecule has 29 heavy (non-hydrogen) atoms. The second-order valence-electron chi connectivity index (χ2n) is 6.90. The van der Waals surface area contributed by atoms with Gasteiger partial charge in [-0.15, -0.1) is 0 Å². The quantitative estimate of drug-likeness (QED) is 0.691. The van der Waals surface area contributed by atoms with Gasteiger partial charge in [-0.25, -0.2) is 8.78 Å². The molecule has 0 spiro atoms. The van der Waals surface area contributed by atoms with Crippen molar-refractivity contribution in [2.45, 2.75) is 12.5 Å². The van der Waals surface area contributed by atoms with Crippen LogP contribution in [0.5, 0.6) is 5.75 Å². The third-order valence-corrected chi connectivity index (χ3v) is 4.99. The summed E-state index contributed by atoms with van der Waals surface area (Å²) in [5.41, 5.74) is 1.70. The molecular weight excluding hydrogens is 378 g/mol. The Labute approximate surface area is 166 Å². The lowest BCUT2D eigenvalue weighted by atomic mass is 10.1. The number of ether oxygens (including phenoxy) is 1. The van der Waals surface area contributed by atoms with Crippen LogP contribution in [0, 0.1) is 11.6 Å². The van der Waals surface area contributed by atoms with E-state index in [-0.39, 0.29) is 11.6 Å². The Kier molecular flexibility index (Phi) is 5.16. The van der Waals surface area contributed by atoms with Gasteiger partial charge in [0.15, 0.2) is 5.82 Å². The molecule has 8 heteroatoms. The highest BCUT2D eigenvalue weighted by Crippen LogP contribution is 2.26. The molecule has 1 saturated heterocycles. The minimum atomic E-state index is -0.867. The molecule has 0 aliphatic carbocycles. The van der Waals surface area contributed by atoms with Crippen molar-refractivity contribution >= 4 is 11.7 Å². The van der Waals surface area contributed by atoms with Gasteiger partial charge >= 0.3 is 0 Å². The van der Waals surface area contributed by atoms with Crippen LogP contribution >= 0.6 is 0 Å². The number of carbonyl (C=O) groups is 1. The zero-order valence-corrected chi connectivity index (χ0v) is 15.8. The van der Waals surface area contributed by atoms with E-state index in [9.17, 15) is 13.6 Å². The first-order valence-electron chi connectivity index (χ1n) is 9.24. The number of halogens is 2. The SMILES string of the molecule is COc1ccc(-c2cc(N3CC[C@H](NC(=O)c4ccc(F)cc4F)C3)n[nH]2)cc1. The van der Waals surface area contributed by atoms with Crippen LogP contribution in [0.1, 0.15) is 16.8 Å². The third-order valence-electron chi connectivity index (χ3n) is 4.99. The third kappa shape index (κ3) is 4.06. The van der Waals surface area contributed by atoms with Gasteiger partial charge in [-0.05, 0) is 48.4 Å².